The first-order chi connectivity index (χ1) is 11.1. The maximum Gasteiger partial charge on any atom is 0.221 e. The number of morpholine rings is 1. The smallest absolute Gasteiger partial charge is 0.221 e. The van der Waals surface area contributed by atoms with Gasteiger partial charge in [0.1, 0.15) is 10.8 Å². The first kappa shape index (κ1) is 16.0. The first-order valence-electron chi connectivity index (χ1n) is 7.44. The van der Waals surface area contributed by atoms with E-state index in [1.807, 2.05) is 5.38 Å². The van der Waals surface area contributed by atoms with Crippen LogP contribution in [0.3, 0.4) is 0 Å². The molecule has 0 atom stereocenters. The molecule has 0 radical (unpaired) electrons. The van der Waals surface area contributed by atoms with Crippen molar-refractivity contribution in [2.75, 3.05) is 31.6 Å². The zero-order valence-electron chi connectivity index (χ0n) is 12.8. The summed E-state index contributed by atoms with van der Waals surface area (Å²) in [5.74, 6) is -0.613. The average Bonchev–Trinajstić information content (AvgIpc) is 2.96. The average molecular weight is 335 g/mol. The third-order valence-electron chi connectivity index (χ3n) is 3.58. The molecule has 23 heavy (non-hydrogen) atoms. The van der Waals surface area contributed by atoms with Gasteiger partial charge in [-0.15, -0.1) is 11.3 Å². The van der Waals surface area contributed by atoms with E-state index in [1.165, 1.54) is 24.3 Å². The Morgan fingerprint density at radius 2 is 2.22 bits per heavy atom. The van der Waals surface area contributed by atoms with Crippen LogP contribution in [0, 0.1) is 5.82 Å². The maximum atomic E-state index is 14.2. The van der Waals surface area contributed by atoms with Crippen LogP contribution in [-0.4, -0.2) is 42.1 Å². The minimum Gasteiger partial charge on any atom is -0.379 e. The van der Waals surface area contributed by atoms with Crippen LogP contribution in [0.5, 0.6) is 0 Å². The number of halogens is 1. The largest absolute Gasteiger partial charge is 0.379 e. The lowest BCUT2D eigenvalue weighted by atomic mass is 10.1. The fourth-order valence-electron chi connectivity index (χ4n) is 2.46. The molecule has 1 aliphatic rings. The zero-order chi connectivity index (χ0) is 16.2. The van der Waals surface area contributed by atoms with Crippen LogP contribution in [0.2, 0.25) is 0 Å². The van der Waals surface area contributed by atoms with E-state index in [0.717, 1.165) is 37.9 Å². The molecule has 1 aromatic heterocycles. The van der Waals surface area contributed by atoms with Gasteiger partial charge in [-0.1, -0.05) is 0 Å². The lowest BCUT2D eigenvalue weighted by molar-refractivity contribution is -0.114. The second-order valence-electron chi connectivity index (χ2n) is 5.39. The van der Waals surface area contributed by atoms with Crippen molar-refractivity contribution in [1.82, 2.24) is 9.88 Å². The van der Waals surface area contributed by atoms with Gasteiger partial charge in [-0.25, -0.2) is 9.37 Å². The van der Waals surface area contributed by atoms with Crippen molar-refractivity contribution in [3.05, 3.63) is 34.4 Å². The molecular formula is C16H18FN3O2S. The molecular weight excluding hydrogens is 317 g/mol. The molecule has 7 heteroatoms. The van der Waals surface area contributed by atoms with Gasteiger partial charge in [-0.2, -0.15) is 0 Å². The third kappa shape index (κ3) is 4.13. The van der Waals surface area contributed by atoms with E-state index in [0.29, 0.717) is 16.9 Å². The summed E-state index contributed by atoms with van der Waals surface area (Å²) in [5, 5.41) is 5.40. The fourth-order valence-corrected chi connectivity index (χ4v) is 3.30. The Morgan fingerprint density at radius 1 is 1.43 bits per heavy atom. The Hall–Kier alpha value is -1.83. The number of ether oxygens (including phenoxy) is 1. The maximum absolute atomic E-state index is 14.2. The highest BCUT2D eigenvalue weighted by Crippen LogP contribution is 2.27. The van der Waals surface area contributed by atoms with E-state index in [1.54, 1.807) is 12.1 Å². The highest BCUT2D eigenvalue weighted by Gasteiger charge is 2.15. The van der Waals surface area contributed by atoms with Gasteiger partial charge in [0.05, 0.1) is 25.5 Å². The molecule has 0 unspecified atom stereocenters. The summed E-state index contributed by atoms with van der Waals surface area (Å²) in [6, 6.07) is 4.65. The Balaban J connectivity index is 1.73. The number of thiazole rings is 1. The molecule has 2 aromatic rings. The van der Waals surface area contributed by atoms with Gasteiger partial charge in [0.15, 0.2) is 0 Å². The van der Waals surface area contributed by atoms with Crippen LogP contribution in [0.4, 0.5) is 10.1 Å². The summed E-state index contributed by atoms with van der Waals surface area (Å²) in [4.78, 5) is 17.8. The summed E-state index contributed by atoms with van der Waals surface area (Å²) in [6.07, 6.45) is 0. The van der Waals surface area contributed by atoms with Gasteiger partial charge in [-0.05, 0) is 18.2 Å². The van der Waals surface area contributed by atoms with Crippen molar-refractivity contribution >= 4 is 22.9 Å². The van der Waals surface area contributed by atoms with Crippen LogP contribution >= 0.6 is 11.3 Å². The predicted octanol–water partition coefficient (Wildman–Crippen LogP) is 2.74. The molecule has 1 saturated heterocycles. The minimum atomic E-state index is -0.389. The van der Waals surface area contributed by atoms with E-state index < -0.39 is 0 Å². The van der Waals surface area contributed by atoms with Crippen molar-refractivity contribution in [1.29, 1.82) is 0 Å². The Labute approximate surface area is 138 Å². The van der Waals surface area contributed by atoms with Crippen molar-refractivity contribution < 1.29 is 13.9 Å². The molecule has 0 bridgehead atoms. The number of anilines is 1. The topological polar surface area (TPSA) is 54.5 Å². The highest BCUT2D eigenvalue weighted by molar-refractivity contribution is 7.09. The van der Waals surface area contributed by atoms with Gasteiger partial charge in [0.25, 0.3) is 0 Å². The molecule has 3 rings (SSSR count). The van der Waals surface area contributed by atoms with E-state index in [4.69, 9.17) is 4.74 Å². The number of hydrogen-bond donors (Lipinski definition) is 1. The number of amides is 1. The number of rotatable bonds is 4. The normalized spacial score (nSPS) is 15.6. The van der Waals surface area contributed by atoms with E-state index in [9.17, 15) is 9.18 Å². The number of aromatic nitrogens is 1. The van der Waals surface area contributed by atoms with Gasteiger partial charge >= 0.3 is 0 Å². The van der Waals surface area contributed by atoms with E-state index >= 15 is 0 Å². The number of carbonyl (C=O) groups excluding carboxylic acids is 1. The number of benzene rings is 1. The second kappa shape index (κ2) is 7.16. The van der Waals surface area contributed by atoms with Crippen LogP contribution in [-0.2, 0) is 16.1 Å². The highest BCUT2D eigenvalue weighted by atomic mass is 32.1. The molecule has 0 saturated carbocycles. The fraction of sp³-hybridized carbons (Fsp3) is 0.375. The quantitative estimate of drug-likeness (QED) is 0.933. The van der Waals surface area contributed by atoms with E-state index in [-0.39, 0.29) is 11.7 Å². The molecule has 1 aromatic carbocycles. The molecule has 1 aliphatic heterocycles. The summed E-state index contributed by atoms with van der Waals surface area (Å²) in [7, 11) is 0. The van der Waals surface area contributed by atoms with Gasteiger partial charge in [-0.3, -0.25) is 9.69 Å². The van der Waals surface area contributed by atoms with Crippen molar-refractivity contribution in [2.24, 2.45) is 0 Å². The number of carbonyl (C=O) groups is 1. The predicted molar refractivity (Wildman–Crippen MR) is 87.9 cm³/mol. The van der Waals surface area contributed by atoms with Gasteiger partial charge in [0.2, 0.25) is 5.91 Å². The minimum absolute atomic E-state index is 0.224. The molecule has 0 spiro atoms. The lowest BCUT2D eigenvalue weighted by Gasteiger charge is -2.25. The summed E-state index contributed by atoms with van der Waals surface area (Å²) in [6.45, 7) is 5.45. The monoisotopic (exact) mass is 335 g/mol. The molecule has 5 nitrogen and oxygen atoms in total. The molecule has 1 amide bonds. The van der Waals surface area contributed by atoms with Crippen molar-refractivity contribution in [3.8, 4) is 11.3 Å². The van der Waals surface area contributed by atoms with E-state index in [2.05, 4.69) is 15.2 Å². The molecule has 122 valence electrons. The molecule has 0 aliphatic carbocycles. The number of hydrogen-bond acceptors (Lipinski definition) is 5. The van der Waals surface area contributed by atoms with Crippen LogP contribution in [0.15, 0.2) is 23.6 Å². The van der Waals surface area contributed by atoms with Crippen LogP contribution < -0.4 is 5.32 Å². The van der Waals surface area contributed by atoms with Crippen molar-refractivity contribution in [3.63, 3.8) is 0 Å². The lowest BCUT2D eigenvalue weighted by Crippen LogP contribution is -2.35. The number of nitrogens with zero attached hydrogens (tertiary/aromatic N) is 2. The van der Waals surface area contributed by atoms with Crippen molar-refractivity contribution in [2.45, 2.75) is 13.5 Å². The Morgan fingerprint density at radius 3 is 2.91 bits per heavy atom. The van der Waals surface area contributed by atoms with Crippen LogP contribution in [0.25, 0.3) is 11.3 Å². The summed E-state index contributed by atoms with van der Waals surface area (Å²) < 4.78 is 19.6. The zero-order valence-corrected chi connectivity index (χ0v) is 13.7. The first-order valence-corrected chi connectivity index (χ1v) is 8.32. The molecule has 1 N–H and O–H groups in total. The second-order valence-corrected chi connectivity index (χ2v) is 6.33. The Bertz CT molecular complexity index is 698. The van der Waals surface area contributed by atoms with Gasteiger partial charge < -0.3 is 10.1 Å². The number of nitrogens with one attached hydrogen (secondary N) is 1. The van der Waals surface area contributed by atoms with Gasteiger partial charge in [0, 0.05) is 36.6 Å². The molecule has 1 fully saturated rings. The SMILES string of the molecule is CC(=O)Nc1ccc(-c2csc(CN3CCOCC3)n2)c(F)c1. The van der Waals surface area contributed by atoms with Crippen LogP contribution in [0.1, 0.15) is 11.9 Å². The summed E-state index contributed by atoms with van der Waals surface area (Å²) >= 11 is 1.53. The standard InChI is InChI=1S/C16H18FN3O2S/c1-11(21)18-12-2-3-13(14(17)8-12)15-10-23-16(19-15)9-20-4-6-22-7-5-20/h2-3,8,10H,4-7,9H2,1H3,(H,18,21). The Kier molecular flexibility index (Phi) is 5.00. The summed E-state index contributed by atoms with van der Waals surface area (Å²) in [5.41, 5.74) is 1.52. The molecule has 2 heterocycles. The third-order valence-corrected chi connectivity index (χ3v) is 4.41.